The van der Waals surface area contributed by atoms with E-state index >= 15 is 0 Å². The largest absolute Gasteiger partial charge is 0.444 e. The molecule has 0 aliphatic carbocycles. The molecule has 2 fully saturated rings. The maximum absolute atomic E-state index is 12.1. The molecule has 0 aromatic heterocycles. The first kappa shape index (κ1) is 15.6. The van der Waals surface area contributed by atoms with E-state index in [1.165, 1.54) is 38.8 Å². The number of hydrogen-bond acceptors (Lipinski definition) is 3. The lowest BCUT2D eigenvalue weighted by molar-refractivity contribution is 0.0159. The molecule has 2 heterocycles. The van der Waals surface area contributed by atoms with E-state index in [0.29, 0.717) is 5.92 Å². The highest BCUT2D eigenvalue weighted by Crippen LogP contribution is 2.24. The highest BCUT2D eigenvalue weighted by Gasteiger charge is 2.27. The first-order chi connectivity index (χ1) is 9.44. The molecule has 0 bridgehead atoms. The number of likely N-dealkylation sites (tertiary alicyclic amines) is 1. The Morgan fingerprint density at radius 2 is 1.95 bits per heavy atom. The molecule has 0 radical (unpaired) electrons. The van der Waals surface area contributed by atoms with Crippen molar-refractivity contribution in [2.24, 2.45) is 11.8 Å². The predicted molar refractivity (Wildman–Crippen MR) is 80.7 cm³/mol. The van der Waals surface area contributed by atoms with E-state index in [1.807, 2.05) is 25.7 Å². The average molecular weight is 282 g/mol. The number of carbonyl (C=O) groups excluding carboxylic acids is 1. The highest BCUT2D eigenvalue weighted by atomic mass is 16.6. The fourth-order valence-electron chi connectivity index (χ4n) is 3.04. The van der Waals surface area contributed by atoms with Crippen molar-refractivity contribution < 1.29 is 9.53 Å². The first-order valence-corrected chi connectivity index (χ1v) is 8.13. The van der Waals surface area contributed by atoms with Crippen molar-refractivity contribution in [3.63, 3.8) is 0 Å². The summed E-state index contributed by atoms with van der Waals surface area (Å²) >= 11 is 0. The van der Waals surface area contributed by atoms with Gasteiger partial charge in [0.2, 0.25) is 0 Å². The van der Waals surface area contributed by atoms with Crippen molar-refractivity contribution in [2.75, 3.05) is 26.2 Å². The van der Waals surface area contributed by atoms with Gasteiger partial charge in [0.05, 0.1) is 0 Å². The van der Waals surface area contributed by atoms with E-state index in [1.54, 1.807) is 0 Å². The number of rotatable bonds is 4. The van der Waals surface area contributed by atoms with Crippen LogP contribution < -0.4 is 5.32 Å². The summed E-state index contributed by atoms with van der Waals surface area (Å²) in [7, 11) is 0. The molecule has 0 aromatic carbocycles. The number of amides is 1. The van der Waals surface area contributed by atoms with E-state index in [4.69, 9.17) is 4.74 Å². The van der Waals surface area contributed by atoms with Crippen LogP contribution in [0, 0.1) is 11.8 Å². The van der Waals surface area contributed by atoms with Crippen LogP contribution in [0.3, 0.4) is 0 Å². The summed E-state index contributed by atoms with van der Waals surface area (Å²) in [5.74, 6) is 1.57. The van der Waals surface area contributed by atoms with Crippen LogP contribution in [-0.2, 0) is 4.74 Å². The molecule has 0 saturated carbocycles. The van der Waals surface area contributed by atoms with Gasteiger partial charge in [-0.3, -0.25) is 0 Å². The SMILES string of the molecule is CC(C)(C)OC(=O)N1CCCC(CCCC2CNC2)C1. The Kier molecular flexibility index (Phi) is 5.30. The zero-order valence-corrected chi connectivity index (χ0v) is 13.3. The van der Waals surface area contributed by atoms with Gasteiger partial charge in [0.15, 0.2) is 0 Å². The summed E-state index contributed by atoms with van der Waals surface area (Å²) in [5.41, 5.74) is -0.388. The summed E-state index contributed by atoms with van der Waals surface area (Å²) < 4.78 is 5.47. The molecule has 1 N–H and O–H groups in total. The molecular weight excluding hydrogens is 252 g/mol. The van der Waals surface area contributed by atoms with Gasteiger partial charge in [0.1, 0.15) is 5.60 Å². The fourth-order valence-corrected chi connectivity index (χ4v) is 3.04. The summed E-state index contributed by atoms with van der Waals surface area (Å²) in [6.45, 7) is 9.94. The Hall–Kier alpha value is -0.770. The lowest BCUT2D eigenvalue weighted by Crippen LogP contribution is -2.43. The molecule has 0 aromatic rings. The van der Waals surface area contributed by atoms with Crippen molar-refractivity contribution in [1.29, 1.82) is 0 Å². The second-order valence-electron chi connectivity index (χ2n) is 7.39. The van der Waals surface area contributed by atoms with E-state index in [0.717, 1.165) is 25.4 Å². The van der Waals surface area contributed by atoms with Crippen LogP contribution in [0.1, 0.15) is 52.9 Å². The van der Waals surface area contributed by atoms with Crippen LogP contribution in [0.5, 0.6) is 0 Å². The maximum atomic E-state index is 12.1. The summed E-state index contributed by atoms with van der Waals surface area (Å²) in [5, 5.41) is 3.32. The normalized spacial score (nSPS) is 24.4. The molecule has 4 nitrogen and oxygen atoms in total. The summed E-state index contributed by atoms with van der Waals surface area (Å²) in [6.07, 6.45) is 6.16. The van der Waals surface area contributed by atoms with Gasteiger partial charge in [-0.1, -0.05) is 6.42 Å². The summed E-state index contributed by atoms with van der Waals surface area (Å²) in [4.78, 5) is 14.0. The molecule has 116 valence electrons. The van der Waals surface area contributed by atoms with Gasteiger partial charge < -0.3 is 15.0 Å². The van der Waals surface area contributed by atoms with Crippen LogP contribution in [0.15, 0.2) is 0 Å². The predicted octanol–water partition coefficient (Wildman–Crippen LogP) is 3.02. The van der Waals surface area contributed by atoms with Gasteiger partial charge in [-0.2, -0.15) is 0 Å². The molecule has 0 spiro atoms. The van der Waals surface area contributed by atoms with Crippen LogP contribution >= 0.6 is 0 Å². The standard InChI is InChI=1S/C16H30N2O2/c1-16(2,3)20-15(19)18-9-5-8-13(12-18)6-4-7-14-10-17-11-14/h13-14,17H,4-12H2,1-3H3. The minimum atomic E-state index is -0.388. The Bertz CT molecular complexity index is 321. The molecule has 2 aliphatic heterocycles. The van der Waals surface area contributed by atoms with E-state index in [-0.39, 0.29) is 11.7 Å². The molecule has 1 unspecified atom stereocenters. The maximum Gasteiger partial charge on any atom is 0.410 e. The molecular formula is C16H30N2O2. The number of ether oxygens (including phenoxy) is 1. The van der Waals surface area contributed by atoms with Gasteiger partial charge in [-0.15, -0.1) is 0 Å². The van der Waals surface area contributed by atoms with Crippen molar-refractivity contribution in [3.05, 3.63) is 0 Å². The fraction of sp³-hybridized carbons (Fsp3) is 0.938. The third-order valence-electron chi connectivity index (χ3n) is 4.26. The second-order valence-corrected chi connectivity index (χ2v) is 7.39. The van der Waals surface area contributed by atoms with Crippen molar-refractivity contribution in [2.45, 2.75) is 58.5 Å². The van der Waals surface area contributed by atoms with Gasteiger partial charge in [-0.05, 0) is 71.4 Å². The molecule has 1 amide bonds. The van der Waals surface area contributed by atoms with Crippen molar-refractivity contribution in [3.8, 4) is 0 Å². The topological polar surface area (TPSA) is 41.6 Å². The minimum Gasteiger partial charge on any atom is -0.444 e. The van der Waals surface area contributed by atoms with Crippen LogP contribution in [0.2, 0.25) is 0 Å². The Labute approximate surface area is 123 Å². The van der Waals surface area contributed by atoms with Crippen molar-refractivity contribution >= 4 is 6.09 Å². The van der Waals surface area contributed by atoms with E-state index in [9.17, 15) is 4.79 Å². The van der Waals surface area contributed by atoms with Gasteiger partial charge >= 0.3 is 6.09 Å². The molecule has 4 heteroatoms. The van der Waals surface area contributed by atoms with Gasteiger partial charge in [0.25, 0.3) is 0 Å². The number of nitrogens with zero attached hydrogens (tertiary/aromatic N) is 1. The molecule has 2 saturated heterocycles. The third-order valence-corrected chi connectivity index (χ3v) is 4.26. The first-order valence-electron chi connectivity index (χ1n) is 8.13. The number of hydrogen-bond donors (Lipinski definition) is 1. The Morgan fingerprint density at radius 1 is 1.25 bits per heavy atom. The van der Waals surface area contributed by atoms with E-state index < -0.39 is 0 Å². The zero-order valence-electron chi connectivity index (χ0n) is 13.3. The lowest BCUT2D eigenvalue weighted by Gasteiger charge is -2.34. The number of carbonyl (C=O) groups is 1. The minimum absolute atomic E-state index is 0.134. The average Bonchev–Trinajstić information content (AvgIpc) is 2.30. The lowest BCUT2D eigenvalue weighted by atomic mass is 9.89. The zero-order chi connectivity index (χ0) is 14.6. The molecule has 20 heavy (non-hydrogen) atoms. The van der Waals surface area contributed by atoms with Crippen LogP contribution in [0.25, 0.3) is 0 Å². The second kappa shape index (κ2) is 6.79. The molecule has 2 aliphatic rings. The smallest absolute Gasteiger partial charge is 0.410 e. The number of piperidine rings is 1. The monoisotopic (exact) mass is 282 g/mol. The van der Waals surface area contributed by atoms with E-state index in [2.05, 4.69) is 5.32 Å². The molecule has 2 rings (SSSR count). The van der Waals surface area contributed by atoms with Gasteiger partial charge in [-0.25, -0.2) is 4.79 Å². The number of nitrogens with one attached hydrogen (secondary N) is 1. The van der Waals surface area contributed by atoms with Crippen LogP contribution in [0.4, 0.5) is 4.79 Å². The van der Waals surface area contributed by atoms with Gasteiger partial charge in [0, 0.05) is 13.1 Å². The third kappa shape index (κ3) is 4.97. The quantitative estimate of drug-likeness (QED) is 0.862. The van der Waals surface area contributed by atoms with Crippen LogP contribution in [-0.4, -0.2) is 42.8 Å². The Balaban J connectivity index is 1.69. The summed E-state index contributed by atoms with van der Waals surface area (Å²) in [6, 6.07) is 0. The van der Waals surface area contributed by atoms with Crippen molar-refractivity contribution in [1.82, 2.24) is 10.2 Å². The Morgan fingerprint density at radius 3 is 2.55 bits per heavy atom. The molecule has 1 atom stereocenters. The highest BCUT2D eigenvalue weighted by molar-refractivity contribution is 5.68.